The molecule has 4 aromatic heterocycles. The van der Waals surface area contributed by atoms with Crippen LogP contribution in [0.25, 0.3) is 16.8 Å². The molecule has 30 heavy (non-hydrogen) atoms. The minimum absolute atomic E-state index is 0.0543. The van der Waals surface area contributed by atoms with Crippen LogP contribution in [0.5, 0.6) is 0 Å². The van der Waals surface area contributed by atoms with Gasteiger partial charge in [0.05, 0.1) is 12.2 Å². The summed E-state index contributed by atoms with van der Waals surface area (Å²) in [5.41, 5.74) is 7.37. The summed E-state index contributed by atoms with van der Waals surface area (Å²) in [7, 11) is 0. The SMILES string of the molecule is CC(C)C(c1ccc(C(F)(F)F)nc1)n1cc(-c2cc(Cl)n3nc(N)nc3c2)cn1. The Balaban J connectivity index is 1.70. The average Bonchev–Trinajstić information content (AvgIpc) is 3.28. The lowest BCUT2D eigenvalue weighted by Gasteiger charge is -2.22. The summed E-state index contributed by atoms with van der Waals surface area (Å²) in [4.78, 5) is 7.70. The predicted octanol–water partition coefficient (Wildman–Crippen LogP) is 4.49. The lowest BCUT2D eigenvalue weighted by Crippen LogP contribution is -2.18. The van der Waals surface area contributed by atoms with Crippen LogP contribution >= 0.6 is 11.6 Å². The van der Waals surface area contributed by atoms with Crippen LogP contribution in [0.2, 0.25) is 5.15 Å². The molecule has 1 atom stereocenters. The molecule has 2 N–H and O–H groups in total. The first kappa shape index (κ1) is 20.1. The van der Waals surface area contributed by atoms with Crippen LogP contribution in [-0.2, 0) is 6.18 Å². The topological polar surface area (TPSA) is 86.9 Å². The molecule has 7 nitrogen and oxygen atoms in total. The average molecular weight is 436 g/mol. The van der Waals surface area contributed by atoms with Crippen LogP contribution in [-0.4, -0.2) is 29.4 Å². The Hall–Kier alpha value is -3.14. The molecular weight excluding hydrogens is 419 g/mol. The van der Waals surface area contributed by atoms with Gasteiger partial charge in [-0.2, -0.15) is 23.3 Å². The molecule has 4 aromatic rings. The molecule has 0 saturated carbocycles. The van der Waals surface area contributed by atoms with Gasteiger partial charge in [0.15, 0.2) is 5.65 Å². The van der Waals surface area contributed by atoms with Crippen LogP contribution < -0.4 is 5.73 Å². The first-order valence-electron chi connectivity index (χ1n) is 9.03. The number of rotatable bonds is 4. The number of halogens is 4. The summed E-state index contributed by atoms with van der Waals surface area (Å²) in [6.07, 6.45) is 0.240. The monoisotopic (exact) mass is 435 g/mol. The van der Waals surface area contributed by atoms with E-state index in [1.807, 2.05) is 20.0 Å². The summed E-state index contributed by atoms with van der Waals surface area (Å²) >= 11 is 6.27. The van der Waals surface area contributed by atoms with E-state index in [0.717, 1.165) is 17.2 Å². The molecule has 0 bridgehead atoms. The number of nitrogen functional groups attached to an aromatic ring is 1. The van der Waals surface area contributed by atoms with E-state index in [1.54, 1.807) is 23.0 Å². The number of anilines is 1. The van der Waals surface area contributed by atoms with Crippen LogP contribution in [0, 0.1) is 5.92 Å². The van der Waals surface area contributed by atoms with Gasteiger partial charge in [-0.1, -0.05) is 31.5 Å². The Bertz CT molecular complexity index is 1200. The molecule has 0 aliphatic heterocycles. The third-order valence-corrected chi connectivity index (χ3v) is 4.95. The molecule has 0 radical (unpaired) electrons. The molecule has 0 fully saturated rings. The molecule has 156 valence electrons. The van der Waals surface area contributed by atoms with Gasteiger partial charge in [-0.05, 0) is 35.2 Å². The normalized spacial score (nSPS) is 13.3. The molecule has 4 rings (SSSR count). The van der Waals surface area contributed by atoms with Gasteiger partial charge in [0.25, 0.3) is 0 Å². The number of nitrogens with zero attached hydrogens (tertiary/aromatic N) is 6. The van der Waals surface area contributed by atoms with Crippen molar-refractivity contribution >= 4 is 23.2 Å². The minimum Gasteiger partial charge on any atom is -0.366 e. The van der Waals surface area contributed by atoms with Gasteiger partial charge in [0.2, 0.25) is 5.95 Å². The molecule has 0 saturated heterocycles. The van der Waals surface area contributed by atoms with E-state index in [-0.39, 0.29) is 17.9 Å². The van der Waals surface area contributed by atoms with Gasteiger partial charge < -0.3 is 5.73 Å². The van der Waals surface area contributed by atoms with Crippen LogP contribution in [0.1, 0.15) is 31.1 Å². The first-order valence-corrected chi connectivity index (χ1v) is 9.41. The molecule has 1 unspecified atom stereocenters. The Kier molecular flexibility index (Phi) is 4.89. The number of hydrogen-bond acceptors (Lipinski definition) is 5. The highest BCUT2D eigenvalue weighted by Gasteiger charge is 2.32. The van der Waals surface area contributed by atoms with Crippen molar-refractivity contribution in [3.05, 3.63) is 59.3 Å². The van der Waals surface area contributed by atoms with Gasteiger partial charge in [-0.25, -0.2) is 4.52 Å². The van der Waals surface area contributed by atoms with E-state index < -0.39 is 11.9 Å². The molecular formula is C19H17ClF3N7. The van der Waals surface area contributed by atoms with Crippen molar-refractivity contribution in [1.29, 1.82) is 0 Å². The van der Waals surface area contributed by atoms with E-state index >= 15 is 0 Å². The van der Waals surface area contributed by atoms with Crippen molar-refractivity contribution in [3.8, 4) is 11.1 Å². The molecule has 0 aliphatic rings. The number of pyridine rings is 2. The Morgan fingerprint density at radius 3 is 2.50 bits per heavy atom. The van der Waals surface area contributed by atoms with E-state index in [1.165, 1.54) is 16.8 Å². The van der Waals surface area contributed by atoms with E-state index in [4.69, 9.17) is 17.3 Å². The molecule has 0 aromatic carbocycles. The number of fused-ring (bicyclic) bond motifs is 1. The zero-order valence-corrected chi connectivity index (χ0v) is 16.7. The highest BCUT2D eigenvalue weighted by molar-refractivity contribution is 6.30. The molecule has 0 spiro atoms. The van der Waals surface area contributed by atoms with Crippen LogP contribution in [0.15, 0.2) is 42.9 Å². The number of alkyl halides is 3. The number of aromatic nitrogens is 6. The fourth-order valence-electron chi connectivity index (χ4n) is 3.36. The third-order valence-electron chi connectivity index (χ3n) is 4.68. The van der Waals surface area contributed by atoms with Gasteiger partial charge in [0.1, 0.15) is 10.8 Å². The van der Waals surface area contributed by atoms with Crippen LogP contribution in [0.3, 0.4) is 0 Å². The lowest BCUT2D eigenvalue weighted by molar-refractivity contribution is -0.141. The number of nitrogens with two attached hydrogens (primary N) is 1. The summed E-state index contributed by atoms with van der Waals surface area (Å²) in [5.74, 6) is 0.165. The van der Waals surface area contributed by atoms with Gasteiger partial charge in [0, 0.05) is 18.0 Å². The van der Waals surface area contributed by atoms with E-state index in [9.17, 15) is 13.2 Å². The van der Waals surface area contributed by atoms with Gasteiger partial charge in [-0.3, -0.25) is 9.67 Å². The molecule has 4 heterocycles. The van der Waals surface area contributed by atoms with Crippen molar-refractivity contribution in [3.63, 3.8) is 0 Å². The Morgan fingerprint density at radius 2 is 1.87 bits per heavy atom. The highest BCUT2D eigenvalue weighted by Crippen LogP contribution is 2.32. The van der Waals surface area contributed by atoms with Gasteiger partial charge >= 0.3 is 6.18 Å². The second kappa shape index (κ2) is 7.28. The first-order chi connectivity index (χ1) is 14.1. The Labute approximate surface area is 174 Å². The van der Waals surface area contributed by atoms with Crippen molar-refractivity contribution < 1.29 is 13.2 Å². The Morgan fingerprint density at radius 1 is 1.10 bits per heavy atom. The van der Waals surface area contributed by atoms with Crippen LogP contribution in [0.4, 0.5) is 19.1 Å². The maximum Gasteiger partial charge on any atom is 0.433 e. The fourth-order valence-corrected chi connectivity index (χ4v) is 3.60. The minimum atomic E-state index is -4.48. The summed E-state index contributed by atoms with van der Waals surface area (Å²) in [6.45, 7) is 3.93. The zero-order chi connectivity index (χ0) is 21.6. The summed E-state index contributed by atoms with van der Waals surface area (Å²) in [6, 6.07) is 5.62. The molecule has 0 amide bonds. The maximum absolute atomic E-state index is 12.8. The highest BCUT2D eigenvalue weighted by atomic mass is 35.5. The number of hydrogen-bond donors (Lipinski definition) is 1. The predicted molar refractivity (Wildman–Crippen MR) is 106 cm³/mol. The lowest BCUT2D eigenvalue weighted by atomic mass is 9.97. The fraction of sp³-hybridized carbons (Fsp3) is 0.263. The van der Waals surface area contributed by atoms with Crippen molar-refractivity contribution in [2.24, 2.45) is 5.92 Å². The second-order valence-electron chi connectivity index (χ2n) is 7.18. The molecule has 0 aliphatic carbocycles. The third kappa shape index (κ3) is 3.70. The summed E-state index contributed by atoms with van der Waals surface area (Å²) in [5, 5.41) is 8.78. The van der Waals surface area contributed by atoms with E-state index in [0.29, 0.717) is 16.4 Å². The maximum atomic E-state index is 12.8. The zero-order valence-electron chi connectivity index (χ0n) is 16.0. The van der Waals surface area contributed by atoms with Crippen molar-refractivity contribution in [1.82, 2.24) is 29.4 Å². The summed E-state index contributed by atoms with van der Waals surface area (Å²) < 4.78 is 41.6. The molecule has 11 heteroatoms. The second-order valence-corrected chi connectivity index (χ2v) is 7.57. The smallest absolute Gasteiger partial charge is 0.366 e. The van der Waals surface area contributed by atoms with Crippen molar-refractivity contribution in [2.45, 2.75) is 26.1 Å². The standard InChI is InChI=1S/C19H17ClF3N7/c1-10(2)17(11-3-4-14(25-7-11)19(21,22)23)29-9-13(8-26-29)12-5-15(20)30-16(6-12)27-18(24)28-30/h3-10,17H,1-2H3,(H2,24,28). The van der Waals surface area contributed by atoms with Gasteiger partial charge in [-0.15, -0.1) is 5.10 Å². The van der Waals surface area contributed by atoms with E-state index in [2.05, 4.69) is 20.2 Å². The largest absolute Gasteiger partial charge is 0.433 e. The van der Waals surface area contributed by atoms with Crippen molar-refractivity contribution in [2.75, 3.05) is 5.73 Å². The quantitative estimate of drug-likeness (QED) is 0.477.